The maximum atomic E-state index is 13.3. The van der Waals surface area contributed by atoms with Gasteiger partial charge in [-0.25, -0.2) is 4.39 Å². The van der Waals surface area contributed by atoms with E-state index in [-0.39, 0.29) is 11.9 Å². The SMILES string of the molecule is CCC(C)N(C)c1ccc(F)cc1C(C)NC. The van der Waals surface area contributed by atoms with Crippen LogP contribution in [0.25, 0.3) is 0 Å². The Morgan fingerprint density at radius 3 is 2.53 bits per heavy atom. The fraction of sp³-hybridized carbons (Fsp3) is 0.571. The molecule has 96 valence electrons. The van der Waals surface area contributed by atoms with Gasteiger partial charge in [0.25, 0.3) is 0 Å². The highest BCUT2D eigenvalue weighted by molar-refractivity contribution is 5.55. The highest BCUT2D eigenvalue weighted by Crippen LogP contribution is 2.28. The Morgan fingerprint density at radius 2 is 2.00 bits per heavy atom. The maximum Gasteiger partial charge on any atom is 0.123 e. The summed E-state index contributed by atoms with van der Waals surface area (Å²) in [7, 11) is 3.95. The van der Waals surface area contributed by atoms with E-state index in [4.69, 9.17) is 0 Å². The van der Waals surface area contributed by atoms with Gasteiger partial charge >= 0.3 is 0 Å². The van der Waals surface area contributed by atoms with Gasteiger partial charge in [0, 0.05) is 24.8 Å². The van der Waals surface area contributed by atoms with Crippen molar-refractivity contribution >= 4 is 5.69 Å². The molecule has 1 aromatic carbocycles. The van der Waals surface area contributed by atoms with Gasteiger partial charge < -0.3 is 10.2 Å². The molecule has 0 amide bonds. The number of rotatable bonds is 5. The second kappa shape index (κ2) is 6.01. The van der Waals surface area contributed by atoms with Gasteiger partial charge in [0.05, 0.1) is 0 Å². The number of anilines is 1. The van der Waals surface area contributed by atoms with E-state index in [1.807, 2.05) is 20.0 Å². The van der Waals surface area contributed by atoms with Crippen molar-refractivity contribution in [1.82, 2.24) is 5.32 Å². The molecule has 0 spiro atoms. The quantitative estimate of drug-likeness (QED) is 0.846. The molecule has 0 saturated heterocycles. The molecule has 0 bridgehead atoms. The molecule has 1 rings (SSSR count). The van der Waals surface area contributed by atoms with Gasteiger partial charge in [-0.1, -0.05) is 6.92 Å². The van der Waals surface area contributed by atoms with Crippen LogP contribution in [0.3, 0.4) is 0 Å². The van der Waals surface area contributed by atoms with E-state index in [0.29, 0.717) is 6.04 Å². The molecule has 0 aromatic heterocycles. The van der Waals surface area contributed by atoms with E-state index in [9.17, 15) is 4.39 Å². The topological polar surface area (TPSA) is 15.3 Å². The molecule has 0 aliphatic carbocycles. The number of hydrogen-bond donors (Lipinski definition) is 1. The van der Waals surface area contributed by atoms with Gasteiger partial charge in [0.1, 0.15) is 5.82 Å². The molecule has 0 aliphatic heterocycles. The van der Waals surface area contributed by atoms with Crippen molar-refractivity contribution in [3.63, 3.8) is 0 Å². The molecule has 0 fully saturated rings. The highest BCUT2D eigenvalue weighted by atomic mass is 19.1. The summed E-state index contributed by atoms with van der Waals surface area (Å²) in [6, 6.07) is 5.61. The molecule has 1 N–H and O–H groups in total. The van der Waals surface area contributed by atoms with Crippen molar-refractivity contribution in [2.75, 3.05) is 19.0 Å². The van der Waals surface area contributed by atoms with Crippen LogP contribution in [-0.2, 0) is 0 Å². The normalized spacial score (nSPS) is 14.5. The molecule has 0 heterocycles. The monoisotopic (exact) mass is 238 g/mol. The second-order valence-corrected chi connectivity index (χ2v) is 4.58. The summed E-state index contributed by atoms with van der Waals surface area (Å²) >= 11 is 0. The lowest BCUT2D eigenvalue weighted by Gasteiger charge is -2.30. The lowest BCUT2D eigenvalue weighted by molar-refractivity contribution is 0.600. The molecule has 2 unspecified atom stereocenters. The molecule has 1 aromatic rings. The summed E-state index contributed by atoms with van der Waals surface area (Å²) in [6.07, 6.45) is 1.07. The van der Waals surface area contributed by atoms with Crippen molar-refractivity contribution in [2.45, 2.75) is 39.3 Å². The third-order valence-electron chi connectivity index (χ3n) is 3.52. The van der Waals surface area contributed by atoms with E-state index in [2.05, 4.69) is 31.1 Å². The summed E-state index contributed by atoms with van der Waals surface area (Å²) in [6.45, 7) is 6.38. The van der Waals surface area contributed by atoms with Crippen molar-refractivity contribution in [3.8, 4) is 0 Å². The Hall–Kier alpha value is -1.09. The van der Waals surface area contributed by atoms with Crippen LogP contribution in [0.15, 0.2) is 18.2 Å². The van der Waals surface area contributed by atoms with Crippen molar-refractivity contribution < 1.29 is 4.39 Å². The molecule has 0 aliphatic rings. The van der Waals surface area contributed by atoms with Crippen LogP contribution < -0.4 is 10.2 Å². The number of nitrogens with one attached hydrogen (secondary N) is 1. The average Bonchev–Trinajstić information content (AvgIpc) is 2.35. The van der Waals surface area contributed by atoms with Gasteiger partial charge in [0.2, 0.25) is 0 Å². The molecule has 3 heteroatoms. The Morgan fingerprint density at radius 1 is 1.35 bits per heavy atom. The minimum atomic E-state index is -0.177. The van der Waals surface area contributed by atoms with E-state index in [0.717, 1.165) is 17.7 Å². The lowest BCUT2D eigenvalue weighted by Crippen LogP contribution is -2.30. The van der Waals surface area contributed by atoms with Crippen molar-refractivity contribution in [3.05, 3.63) is 29.6 Å². The number of halogens is 1. The van der Waals surface area contributed by atoms with Gasteiger partial charge in [-0.15, -0.1) is 0 Å². The van der Waals surface area contributed by atoms with E-state index < -0.39 is 0 Å². The first-order valence-electron chi connectivity index (χ1n) is 6.20. The van der Waals surface area contributed by atoms with Crippen molar-refractivity contribution in [1.29, 1.82) is 0 Å². The summed E-state index contributed by atoms with van der Waals surface area (Å²) in [5, 5.41) is 3.17. The Kier molecular flexibility index (Phi) is 4.94. The summed E-state index contributed by atoms with van der Waals surface area (Å²) in [5.41, 5.74) is 2.11. The summed E-state index contributed by atoms with van der Waals surface area (Å²) in [4.78, 5) is 2.21. The number of nitrogens with zero attached hydrogens (tertiary/aromatic N) is 1. The molecule has 0 radical (unpaired) electrons. The van der Waals surface area contributed by atoms with Crippen LogP contribution in [-0.4, -0.2) is 20.1 Å². The standard InChI is InChI=1S/C14H23FN2/c1-6-10(2)17(5)14-8-7-12(15)9-13(14)11(3)16-4/h7-11,16H,6H2,1-5H3. The number of hydrogen-bond acceptors (Lipinski definition) is 2. The minimum Gasteiger partial charge on any atom is -0.372 e. The summed E-state index contributed by atoms with van der Waals surface area (Å²) in [5.74, 6) is -0.177. The Balaban J connectivity index is 3.13. The lowest BCUT2D eigenvalue weighted by atomic mass is 10.0. The average molecular weight is 238 g/mol. The Labute approximate surface area is 104 Å². The van der Waals surface area contributed by atoms with Crippen molar-refractivity contribution in [2.24, 2.45) is 0 Å². The first-order chi connectivity index (χ1) is 8.01. The Bertz CT molecular complexity index is 365. The highest BCUT2D eigenvalue weighted by Gasteiger charge is 2.16. The van der Waals surface area contributed by atoms with E-state index in [1.165, 1.54) is 6.07 Å². The van der Waals surface area contributed by atoms with Crippen LogP contribution in [0, 0.1) is 5.82 Å². The van der Waals surface area contributed by atoms with Crippen LogP contribution >= 0.6 is 0 Å². The maximum absolute atomic E-state index is 13.3. The third-order valence-corrected chi connectivity index (χ3v) is 3.52. The van der Waals surface area contributed by atoms with Gasteiger partial charge in [-0.2, -0.15) is 0 Å². The summed E-state index contributed by atoms with van der Waals surface area (Å²) < 4.78 is 13.3. The van der Waals surface area contributed by atoms with Gasteiger partial charge in [0.15, 0.2) is 0 Å². The fourth-order valence-electron chi connectivity index (χ4n) is 1.86. The van der Waals surface area contributed by atoms with Gasteiger partial charge in [-0.3, -0.25) is 0 Å². The second-order valence-electron chi connectivity index (χ2n) is 4.58. The zero-order valence-corrected chi connectivity index (χ0v) is 11.4. The largest absolute Gasteiger partial charge is 0.372 e. The fourth-order valence-corrected chi connectivity index (χ4v) is 1.86. The van der Waals surface area contributed by atoms with Crippen LogP contribution in [0.5, 0.6) is 0 Å². The van der Waals surface area contributed by atoms with Crippen LogP contribution in [0.4, 0.5) is 10.1 Å². The van der Waals surface area contributed by atoms with Gasteiger partial charge in [-0.05, 0) is 51.1 Å². The molecule has 0 saturated carbocycles. The van der Waals surface area contributed by atoms with E-state index in [1.54, 1.807) is 6.07 Å². The third kappa shape index (κ3) is 3.19. The predicted molar refractivity (Wildman–Crippen MR) is 72.0 cm³/mol. The first-order valence-corrected chi connectivity index (χ1v) is 6.20. The molecule has 2 nitrogen and oxygen atoms in total. The number of benzene rings is 1. The van der Waals surface area contributed by atoms with E-state index >= 15 is 0 Å². The molecular formula is C14H23FN2. The van der Waals surface area contributed by atoms with Crippen LogP contribution in [0.2, 0.25) is 0 Å². The molecule has 17 heavy (non-hydrogen) atoms. The zero-order valence-electron chi connectivity index (χ0n) is 11.4. The smallest absolute Gasteiger partial charge is 0.123 e. The van der Waals surface area contributed by atoms with Crippen LogP contribution in [0.1, 0.15) is 38.8 Å². The molecule has 2 atom stereocenters. The molecular weight excluding hydrogens is 215 g/mol. The zero-order chi connectivity index (χ0) is 13.0. The first kappa shape index (κ1) is 14.0. The predicted octanol–water partition coefficient (Wildman–Crippen LogP) is 3.34. The minimum absolute atomic E-state index is 0.146.